The van der Waals surface area contributed by atoms with Crippen molar-refractivity contribution in [1.82, 2.24) is 4.90 Å². The molecule has 4 rings (SSSR count). The van der Waals surface area contributed by atoms with Gasteiger partial charge in [0, 0.05) is 28.7 Å². The first-order chi connectivity index (χ1) is 13.8. The number of rotatable bonds is 4. The number of amides is 1. The molecule has 1 amide bonds. The minimum atomic E-state index is -3.48. The summed E-state index contributed by atoms with van der Waals surface area (Å²) in [5.41, 5.74) is 2.45. The van der Waals surface area contributed by atoms with Crippen LogP contribution in [0.3, 0.4) is 0 Å². The molecular formula is C22H17Cl2NO3S. The highest BCUT2D eigenvalue weighted by molar-refractivity contribution is 7.92. The van der Waals surface area contributed by atoms with Gasteiger partial charge in [-0.05, 0) is 59.7 Å². The van der Waals surface area contributed by atoms with E-state index in [9.17, 15) is 13.2 Å². The Bertz CT molecular complexity index is 1150. The summed E-state index contributed by atoms with van der Waals surface area (Å²) in [6.45, 7) is 0.361. The average molecular weight is 446 g/mol. The van der Waals surface area contributed by atoms with Crippen molar-refractivity contribution in [3.63, 3.8) is 0 Å². The van der Waals surface area contributed by atoms with Crippen molar-refractivity contribution in [2.24, 2.45) is 0 Å². The van der Waals surface area contributed by atoms with Gasteiger partial charge in [-0.1, -0.05) is 47.5 Å². The molecule has 0 radical (unpaired) electrons. The molecule has 0 unspecified atom stereocenters. The topological polar surface area (TPSA) is 54.5 Å². The monoisotopic (exact) mass is 445 g/mol. The van der Waals surface area contributed by atoms with Gasteiger partial charge in [0.2, 0.25) is 0 Å². The smallest absolute Gasteiger partial charge is 0.253 e. The van der Waals surface area contributed by atoms with Crippen LogP contribution in [0.15, 0.2) is 77.7 Å². The third-order valence-corrected chi connectivity index (χ3v) is 7.60. The number of carbonyl (C=O) groups excluding carboxylic acids is 1. The summed E-state index contributed by atoms with van der Waals surface area (Å²) in [6.07, 6.45) is 0. The minimum Gasteiger partial charge on any atom is -0.336 e. The zero-order valence-electron chi connectivity index (χ0n) is 15.3. The van der Waals surface area contributed by atoms with Gasteiger partial charge < -0.3 is 4.90 Å². The van der Waals surface area contributed by atoms with Gasteiger partial charge in [0.1, 0.15) is 5.25 Å². The lowest BCUT2D eigenvalue weighted by atomic mass is 10.0. The van der Waals surface area contributed by atoms with Gasteiger partial charge in [0.05, 0.1) is 4.90 Å². The standard InChI is InChI=1S/C22H17Cl2NO3S/c23-18-8-10-20(11-9-18)29(27,28)21-13-25(14-21)22(26)16-6-4-15(5-7-16)17-2-1-3-19(24)12-17/h1-12,21H,13-14H2. The van der Waals surface area contributed by atoms with E-state index in [2.05, 4.69) is 0 Å². The van der Waals surface area contributed by atoms with Crippen LogP contribution in [0, 0.1) is 0 Å². The van der Waals surface area contributed by atoms with Gasteiger partial charge in [0.25, 0.3) is 5.91 Å². The first-order valence-corrected chi connectivity index (χ1v) is 11.3. The summed E-state index contributed by atoms with van der Waals surface area (Å²) >= 11 is 11.9. The van der Waals surface area contributed by atoms with Crippen LogP contribution in [0.4, 0.5) is 0 Å². The molecule has 1 fully saturated rings. The lowest BCUT2D eigenvalue weighted by Gasteiger charge is -2.38. The van der Waals surface area contributed by atoms with Crippen molar-refractivity contribution in [3.05, 3.63) is 88.4 Å². The van der Waals surface area contributed by atoms with Crippen LogP contribution in [0.2, 0.25) is 10.0 Å². The van der Waals surface area contributed by atoms with Crippen molar-refractivity contribution in [2.45, 2.75) is 10.1 Å². The molecule has 0 spiro atoms. The first-order valence-electron chi connectivity index (χ1n) is 8.99. The summed E-state index contributed by atoms with van der Waals surface area (Å²) < 4.78 is 25.3. The quantitative estimate of drug-likeness (QED) is 0.570. The molecule has 7 heteroatoms. The van der Waals surface area contributed by atoms with Gasteiger partial charge in [-0.15, -0.1) is 0 Å². The molecule has 1 aliphatic heterocycles. The second kappa shape index (κ2) is 7.82. The number of benzene rings is 3. The highest BCUT2D eigenvalue weighted by Gasteiger charge is 2.40. The Morgan fingerprint density at radius 1 is 0.828 bits per heavy atom. The zero-order valence-corrected chi connectivity index (χ0v) is 17.6. The van der Waals surface area contributed by atoms with E-state index in [0.29, 0.717) is 15.6 Å². The molecule has 0 aromatic heterocycles. The van der Waals surface area contributed by atoms with E-state index in [1.165, 1.54) is 12.1 Å². The summed E-state index contributed by atoms with van der Waals surface area (Å²) in [7, 11) is -3.48. The third kappa shape index (κ3) is 4.04. The van der Waals surface area contributed by atoms with E-state index < -0.39 is 15.1 Å². The average Bonchev–Trinajstić information content (AvgIpc) is 2.67. The first kappa shape index (κ1) is 20.0. The molecule has 1 saturated heterocycles. The Balaban J connectivity index is 1.43. The highest BCUT2D eigenvalue weighted by Crippen LogP contribution is 2.27. The number of hydrogen-bond acceptors (Lipinski definition) is 3. The zero-order chi connectivity index (χ0) is 20.6. The Labute approximate surface area is 179 Å². The molecule has 3 aromatic carbocycles. The largest absolute Gasteiger partial charge is 0.336 e. The Morgan fingerprint density at radius 2 is 1.48 bits per heavy atom. The summed E-state index contributed by atoms with van der Waals surface area (Å²) in [4.78, 5) is 14.4. The normalized spacial score (nSPS) is 14.5. The number of halogens is 2. The van der Waals surface area contributed by atoms with E-state index in [4.69, 9.17) is 23.2 Å². The van der Waals surface area contributed by atoms with Crippen LogP contribution in [-0.4, -0.2) is 37.6 Å². The molecule has 4 nitrogen and oxygen atoms in total. The molecule has 148 valence electrons. The van der Waals surface area contributed by atoms with E-state index in [1.54, 1.807) is 35.2 Å². The maximum Gasteiger partial charge on any atom is 0.253 e. The summed E-state index contributed by atoms with van der Waals surface area (Å²) in [5, 5.41) is 0.533. The molecular weight excluding hydrogens is 429 g/mol. The van der Waals surface area contributed by atoms with E-state index in [0.717, 1.165) is 11.1 Å². The van der Waals surface area contributed by atoms with Crippen molar-refractivity contribution in [2.75, 3.05) is 13.1 Å². The second-order valence-corrected chi connectivity index (χ2v) is 10.0. The molecule has 0 N–H and O–H groups in total. The van der Waals surface area contributed by atoms with Crippen molar-refractivity contribution < 1.29 is 13.2 Å². The molecule has 3 aromatic rings. The summed E-state index contributed by atoms with van der Waals surface area (Å²) in [5.74, 6) is -0.176. The van der Waals surface area contributed by atoms with Gasteiger partial charge in [0.15, 0.2) is 9.84 Å². The van der Waals surface area contributed by atoms with Crippen molar-refractivity contribution in [1.29, 1.82) is 0 Å². The number of nitrogens with zero attached hydrogens (tertiary/aromatic N) is 1. The maximum atomic E-state index is 12.7. The third-order valence-electron chi connectivity index (χ3n) is 5.01. The predicted molar refractivity (Wildman–Crippen MR) is 115 cm³/mol. The number of hydrogen-bond donors (Lipinski definition) is 0. The van der Waals surface area contributed by atoms with Gasteiger partial charge >= 0.3 is 0 Å². The van der Waals surface area contributed by atoms with Crippen LogP contribution < -0.4 is 0 Å². The van der Waals surface area contributed by atoms with Crippen LogP contribution in [-0.2, 0) is 9.84 Å². The van der Waals surface area contributed by atoms with Gasteiger partial charge in [-0.2, -0.15) is 0 Å². The molecule has 0 saturated carbocycles. The molecule has 1 aliphatic rings. The van der Waals surface area contributed by atoms with Crippen molar-refractivity contribution >= 4 is 38.9 Å². The molecule has 1 heterocycles. The molecule has 29 heavy (non-hydrogen) atoms. The van der Waals surface area contributed by atoms with Crippen LogP contribution in [0.1, 0.15) is 10.4 Å². The second-order valence-electron chi connectivity index (χ2n) is 6.92. The van der Waals surface area contributed by atoms with Gasteiger partial charge in [-0.3, -0.25) is 4.79 Å². The molecule has 0 bridgehead atoms. The number of carbonyl (C=O) groups is 1. The Kier molecular flexibility index (Phi) is 5.38. The summed E-state index contributed by atoms with van der Waals surface area (Å²) in [6, 6.07) is 20.8. The maximum absolute atomic E-state index is 12.7. The fourth-order valence-corrected chi connectivity index (χ4v) is 5.24. The van der Waals surface area contributed by atoms with Crippen LogP contribution in [0.25, 0.3) is 11.1 Å². The van der Waals surface area contributed by atoms with Crippen LogP contribution in [0.5, 0.6) is 0 Å². The van der Waals surface area contributed by atoms with E-state index in [1.807, 2.05) is 30.3 Å². The predicted octanol–water partition coefficient (Wildman–Crippen LogP) is 4.96. The minimum absolute atomic E-state index is 0.176. The number of sulfone groups is 1. The number of likely N-dealkylation sites (tertiary alicyclic amines) is 1. The lowest BCUT2D eigenvalue weighted by molar-refractivity contribution is 0.0659. The van der Waals surface area contributed by atoms with Gasteiger partial charge in [-0.25, -0.2) is 8.42 Å². The van der Waals surface area contributed by atoms with Crippen molar-refractivity contribution in [3.8, 4) is 11.1 Å². The fraction of sp³-hybridized carbons (Fsp3) is 0.136. The molecule has 0 atom stereocenters. The highest BCUT2D eigenvalue weighted by atomic mass is 35.5. The molecule has 0 aliphatic carbocycles. The Hall–Kier alpha value is -2.34. The van der Waals surface area contributed by atoms with E-state index >= 15 is 0 Å². The lowest BCUT2D eigenvalue weighted by Crippen LogP contribution is -2.56. The Morgan fingerprint density at radius 3 is 2.10 bits per heavy atom. The fourth-order valence-electron chi connectivity index (χ4n) is 3.27. The SMILES string of the molecule is O=C(c1ccc(-c2cccc(Cl)c2)cc1)N1CC(S(=O)(=O)c2ccc(Cl)cc2)C1. The van der Waals surface area contributed by atoms with Crippen LogP contribution >= 0.6 is 23.2 Å². The van der Waals surface area contributed by atoms with E-state index in [-0.39, 0.29) is 23.9 Å².